The molecule has 0 saturated heterocycles. The van der Waals surface area contributed by atoms with Crippen molar-refractivity contribution in [2.75, 3.05) is 6.54 Å². The molecular formula is C19H37N. The van der Waals surface area contributed by atoms with E-state index >= 15 is 0 Å². The molecule has 0 aliphatic heterocycles. The first-order valence-corrected chi connectivity index (χ1v) is 9.24. The van der Waals surface area contributed by atoms with E-state index in [1.54, 1.807) is 0 Å². The van der Waals surface area contributed by atoms with Gasteiger partial charge in [0.2, 0.25) is 0 Å². The van der Waals surface area contributed by atoms with Crippen molar-refractivity contribution in [2.45, 2.75) is 91.5 Å². The van der Waals surface area contributed by atoms with Gasteiger partial charge in [-0.05, 0) is 68.2 Å². The average Bonchev–Trinajstić information content (AvgIpc) is 2.45. The molecule has 1 heteroatoms. The van der Waals surface area contributed by atoms with E-state index < -0.39 is 0 Å². The normalized spacial score (nSPS) is 36.0. The Morgan fingerprint density at radius 3 is 2.15 bits per heavy atom. The summed E-state index contributed by atoms with van der Waals surface area (Å²) in [5.41, 5.74) is 0.523. The predicted molar refractivity (Wildman–Crippen MR) is 88.9 cm³/mol. The van der Waals surface area contributed by atoms with Crippen LogP contribution in [0, 0.1) is 23.2 Å². The highest BCUT2D eigenvalue weighted by molar-refractivity contribution is 4.84. The summed E-state index contributed by atoms with van der Waals surface area (Å²) in [6.07, 6.45) is 13.0. The Hall–Kier alpha value is -0.0400. The van der Waals surface area contributed by atoms with Gasteiger partial charge < -0.3 is 5.32 Å². The molecule has 0 heterocycles. The maximum absolute atomic E-state index is 3.95. The molecule has 0 aromatic carbocycles. The minimum Gasteiger partial charge on any atom is -0.313 e. The Kier molecular flexibility index (Phi) is 5.95. The van der Waals surface area contributed by atoms with E-state index in [9.17, 15) is 0 Å². The van der Waals surface area contributed by atoms with Crippen LogP contribution >= 0.6 is 0 Å². The van der Waals surface area contributed by atoms with Crippen molar-refractivity contribution >= 4 is 0 Å². The number of hydrogen-bond donors (Lipinski definition) is 1. The van der Waals surface area contributed by atoms with Crippen molar-refractivity contribution in [1.82, 2.24) is 5.32 Å². The lowest BCUT2D eigenvalue weighted by Crippen LogP contribution is -2.41. The summed E-state index contributed by atoms with van der Waals surface area (Å²) in [6, 6.07) is 0.828. The lowest BCUT2D eigenvalue weighted by Gasteiger charge is -2.38. The number of nitrogens with one attached hydrogen (secondary N) is 1. The highest BCUT2D eigenvalue weighted by Crippen LogP contribution is 2.39. The molecule has 2 aliphatic rings. The average molecular weight is 280 g/mol. The molecule has 0 aromatic rings. The van der Waals surface area contributed by atoms with Crippen LogP contribution in [0.15, 0.2) is 0 Å². The molecule has 118 valence electrons. The summed E-state index contributed by atoms with van der Waals surface area (Å²) in [6.45, 7) is 10.9. The van der Waals surface area contributed by atoms with Gasteiger partial charge in [-0.3, -0.25) is 0 Å². The summed E-state index contributed by atoms with van der Waals surface area (Å²) in [4.78, 5) is 0. The molecule has 2 unspecified atom stereocenters. The van der Waals surface area contributed by atoms with Crippen LogP contribution in [0.25, 0.3) is 0 Å². The molecule has 1 nitrogen and oxygen atoms in total. The van der Waals surface area contributed by atoms with Crippen LogP contribution in [-0.4, -0.2) is 12.6 Å². The molecule has 0 aromatic heterocycles. The third-order valence-corrected chi connectivity index (χ3v) is 6.17. The lowest BCUT2D eigenvalue weighted by molar-refractivity contribution is 0.143. The zero-order valence-corrected chi connectivity index (χ0v) is 14.4. The summed E-state index contributed by atoms with van der Waals surface area (Å²) in [5.74, 6) is 2.86. The minimum absolute atomic E-state index is 0.523. The Morgan fingerprint density at radius 2 is 1.55 bits per heavy atom. The molecule has 0 amide bonds. The fraction of sp³-hybridized carbons (Fsp3) is 1.00. The second-order valence-corrected chi connectivity index (χ2v) is 8.55. The molecular weight excluding hydrogens is 242 g/mol. The van der Waals surface area contributed by atoms with E-state index in [4.69, 9.17) is 0 Å². The van der Waals surface area contributed by atoms with E-state index in [2.05, 4.69) is 33.0 Å². The number of hydrogen-bond acceptors (Lipinski definition) is 1. The van der Waals surface area contributed by atoms with Gasteiger partial charge in [0.15, 0.2) is 0 Å². The van der Waals surface area contributed by atoms with Crippen molar-refractivity contribution in [3.63, 3.8) is 0 Å². The van der Waals surface area contributed by atoms with Crippen molar-refractivity contribution in [2.24, 2.45) is 23.2 Å². The van der Waals surface area contributed by atoms with Gasteiger partial charge in [0, 0.05) is 6.04 Å². The third-order valence-electron chi connectivity index (χ3n) is 6.17. The summed E-state index contributed by atoms with van der Waals surface area (Å²) >= 11 is 0. The predicted octanol–water partition coefficient (Wildman–Crippen LogP) is 5.40. The van der Waals surface area contributed by atoms with Crippen molar-refractivity contribution in [3.8, 4) is 0 Å². The Balaban J connectivity index is 1.70. The molecule has 2 aliphatic carbocycles. The monoisotopic (exact) mass is 279 g/mol. The first kappa shape index (κ1) is 16.3. The van der Waals surface area contributed by atoms with Crippen LogP contribution < -0.4 is 5.32 Å². The molecule has 20 heavy (non-hydrogen) atoms. The molecule has 2 fully saturated rings. The Bertz CT molecular complexity index is 270. The number of rotatable bonds is 4. The smallest absolute Gasteiger partial charge is 0.00953 e. The van der Waals surface area contributed by atoms with Gasteiger partial charge in [-0.15, -0.1) is 0 Å². The van der Waals surface area contributed by atoms with E-state index in [1.807, 2.05) is 0 Å². The maximum Gasteiger partial charge on any atom is 0.00953 e. The van der Waals surface area contributed by atoms with Crippen LogP contribution in [-0.2, 0) is 0 Å². The van der Waals surface area contributed by atoms with Gasteiger partial charge in [0.05, 0.1) is 0 Å². The van der Waals surface area contributed by atoms with Crippen molar-refractivity contribution in [3.05, 3.63) is 0 Å². The highest BCUT2D eigenvalue weighted by atomic mass is 14.9. The maximum atomic E-state index is 3.95. The van der Waals surface area contributed by atoms with Crippen molar-refractivity contribution in [1.29, 1.82) is 0 Å². The zero-order valence-electron chi connectivity index (χ0n) is 14.4. The van der Waals surface area contributed by atoms with Crippen LogP contribution in [0.5, 0.6) is 0 Å². The summed E-state index contributed by atoms with van der Waals surface area (Å²) in [5, 5.41) is 3.95. The van der Waals surface area contributed by atoms with Crippen LogP contribution in [0.3, 0.4) is 0 Å². The van der Waals surface area contributed by atoms with Crippen LogP contribution in [0.2, 0.25) is 0 Å². The quantitative estimate of drug-likeness (QED) is 0.727. The molecule has 2 atom stereocenters. The largest absolute Gasteiger partial charge is 0.313 e. The van der Waals surface area contributed by atoms with Gasteiger partial charge in [0.1, 0.15) is 0 Å². The van der Waals surface area contributed by atoms with E-state index in [-0.39, 0.29) is 0 Å². The zero-order chi connectivity index (χ0) is 14.6. The van der Waals surface area contributed by atoms with Gasteiger partial charge in [-0.1, -0.05) is 47.0 Å². The van der Waals surface area contributed by atoms with E-state index in [0.29, 0.717) is 5.41 Å². The van der Waals surface area contributed by atoms with Gasteiger partial charge in [-0.25, -0.2) is 0 Å². The Labute approximate surface area is 127 Å². The van der Waals surface area contributed by atoms with Crippen LogP contribution in [0.1, 0.15) is 85.5 Å². The van der Waals surface area contributed by atoms with Gasteiger partial charge >= 0.3 is 0 Å². The van der Waals surface area contributed by atoms with E-state index in [0.717, 1.165) is 23.8 Å². The summed E-state index contributed by atoms with van der Waals surface area (Å²) in [7, 11) is 0. The van der Waals surface area contributed by atoms with E-state index in [1.165, 1.54) is 64.3 Å². The second-order valence-electron chi connectivity index (χ2n) is 8.55. The second kappa shape index (κ2) is 7.29. The van der Waals surface area contributed by atoms with Gasteiger partial charge in [0.25, 0.3) is 0 Å². The first-order valence-electron chi connectivity index (χ1n) is 9.24. The first-order chi connectivity index (χ1) is 9.50. The molecule has 0 bridgehead atoms. The molecule has 2 saturated carbocycles. The molecule has 2 rings (SSSR count). The minimum atomic E-state index is 0.523. The summed E-state index contributed by atoms with van der Waals surface area (Å²) < 4.78 is 0. The van der Waals surface area contributed by atoms with Crippen LogP contribution in [0.4, 0.5) is 0 Å². The van der Waals surface area contributed by atoms with Gasteiger partial charge in [-0.2, -0.15) is 0 Å². The SMILES string of the molecule is CCC1CCCCC1NCC1CCC(C(C)(C)C)CC1. The molecule has 0 spiro atoms. The Morgan fingerprint density at radius 1 is 0.900 bits per heavy atom. The fourth-order valence-electron chi connectivity index (χ4n) is 4.52. The molecule has 1 N–H and O–H groups in total. The standard InChI is InChI=1S/C19H37N/c1-5-16-8-6-7-9-18(16)20-14-15-10-12-17(13-11-15)19(2,3)4/h15-18,20H,5-14H2,1-4H3. The highest BCUT2D eigenvalue weighted by Gasteiger charge is 2.30. The lowest BCUT2D eigenvalue weighted by atomic mass is 9.70. The molecule has 0 radical (unpaired) electrons. The van der Waals surface area contributed by atoms with Crippen molar-refractivity contribution < 1.29 is 0 Å². The topological polar surface area (TPSA) is 12.0 Å². The third kappa shape index (κ3) is 4.48. The fourth-order valence-corrected chi connectivity index (χ4v) is 4.52.